The van der Waals surface area contributed by atoms with E-state index in [1.165, 1.54) is 0 Å². The average molecular weight is 212 g/mol. The Bertz CT molecular complexity index is 166. The van der Waals surface area contributed by atoms with E-state index in [0.717, 1.165) is 0 Å². The molecule has 0 aliphatic carbocycles. The molecule has 0 aliphatic rings. The summed E-state index contributed by atoms with van der Waals surface area (Å²) in [5.41, 5.74) is -5.07. The summed E-state index contributed by atoms with van der Waals surface area (Å²) >= 11 is 0. The first kappa shape index (κ1) is 12.5. The van der Waals surface area contributed by atoms with Crippen LogP contribution in [-0.4, -0.2) is 34.3 Å². The lowest BCUT2D eigenvalue weighted by Gasteiger charge is -2.34. The normalized spacial score (nSPS) is 17.3. The van der Waals surface area contributed by atoms with E-state index >= 15 is 0 Å². The van der Waals surface area contributed by atoms with Gasteiger partial charge in [-0.15, -0.1) is 0 Å². The van der Waals surface area contributed by atoms with Crippen LogP contribution in [-0.2, 0) is 0 Å². The SMILES string of the molecule is C[C@H](O)C(O)(C(F)(F)F)C(F)(F)F. The summed E-state index contributed by atoms with van der Waals surface area (Å²) in [6, 6.07) is 0. The van der Waals surface area contributed by atoms with Crippen molar-refractivity contribution in [1.82, 2.24) is 0 Å². The van der Waals surface area contributed by atoms with Gasteiger partial charge in [-0.05, 0) is 6.92 Å². The summed E-state index contributed by atoms with van der Waals surface area (Å²) in [6.07, 6.45) is -14.9. The molecule has 8 heteroatoms. The van der Waals surface area contributed by atoms with Crippen molar-refractivity contribution in [2.45, 2.75) is 31.0 Å². The Morgan fingerprint density at radius 2 is 1.15 bits per heavy atom. The Kier molecular flexibility index (Phi) is 2.90. The molecule has 0 saturated carbocycles. The van der Waals surface area contributed by atoms with Crippen LogP contribution in [0.15, 0.2) is 0 Å². The van der Waals surface area contributed by atoms with Crippen LogP contribution in [0.5, 0.6) is 0 Å². The Morgan fingerprint density at radius 1 is 0.923 bits per heavy atom. The quantitative estimate of drug-likeness (QED) is 0.641. The van der Waals surface area contributed by atoms with E-state index in [1.54, 1.807) is 0 Å². The second-order valence-electron chi connectivity index (χ2n) is 2.44. The van der Waals surface area contributed by atoms with Crippen LogP contribution in [0.3, 0.4) is 0 Å². The fourth-order valence-corrected chi connectivity index (χ4v) is 0.634. The number of aliphatic hydroxyl groups is 2. The number of alkyl halides is 6. The van der Waals surface area contributed by atoms with Gasteiger partial charge in [0, 0.05) is 0 Å². The van der Waals surface area contributed by atoms with Gasteiger partial charge >= 0.3 is 12.4 Å². The zero-order chi connectivity index (χ0) is 11.1. The molecule has 0 aliphatic heterocycles. The van der Waals surface area contributed by atoms with Crippen molar-refractivity contribution < 1.29 is 36.6 Å². The van der Waals surface area contributed by atoms with Crippen molar-refractivity contribution in [1.29, 1.82) is 0 Å². The molecule has 2 nitrogen and oxygen atoms in total. The van der Waals surface area contributed by atoms with Gasteiger partial charge in [-0.25, -0.2) is 0 Å². The van der Waals surface area contributed by atoms with Gasteiger partial charge in [0.2, 0.25) is 0 Å². The van der Waals surface area contributed by atoms with Crippen LogP contribution >= 0.6 is 0 Å². The fraction of sp³-hybridized carbons (Fsp3) is 1.00. The third-order valence-electron chi connectivity index (χ3n) is 1.47. The van der Waals surface area contributed by atoms with Crippen molar-refractivity contribution in [2.24, 2.45) is 0 Å². The van der Waals surface area contributed by atoms with Crippen molar-refractivity contribution in [2.75, 3.05) is 0 Å². The topological polar surface area (TPSA) is 40.5 Å². The van der Waals surface area contributed by atoms with Crippen molar-refractivity contribution in [3.8, 4) is 0 Å². The second-order valence-corrected chi connectivity index (χ2v) is 2.44. The molecule has 0 spiro atoms. The smallest absolute Gasteiger partial charge is 0.390 e. The molecule has 0 aromatic heterocycles. The Morgan fingerprint density at radius 3 is 1.15 bits per heavy atom. The maximum absolute atomic E-state index is 11.7. The van der Waals surface area contributed by atoms with Gasteiger partial charge in [0.25, 0.3) is 5.60 Å². The molecular formula is C5H6F6O2. The molecule has 0 aromatic carbocycles. The highest BCUT2D eigenvalue weighted by Crippen LogP contribution is 2.44. The van der Waals surface area contributed by atoms with E-state index in [1.807, 2.05) is 0 Å². The molecule has 0 fully saturated rings. The van der Waals surface area contributed by atoms with Crippen molar-refractivity contribution >= 4 is 0 Å². The molecule has 0 amide bonds. The van der Waals surface area contributed by atoms with Gasteiger partial charge < -0.3 is 10.2 Å². The summed E-state index contributed by atoms with van der Waals surface area (Å²) in [4.78, 5) is 0. The summed E-state index contributed by atoms with van der Waals surface area (Å²) < 4.78 is 70.3. The molecule has 2 N–H and O–H groups in total. The number of rotatable bonds is 1. The van der Waals surface area contributed by atoms with Crippen molar-refractivity contribution in [3.63, 3.8) is 0 Å². The third-order valence-corrected chi connectivity index (χ3v) is 1.47. The zero-order valence-corrected chi connectivity index (χ0v) is 6.24. The van der Waals surface area contributed by atoms with Gasteiger partial charge in [0.1, 0.15) is 0 Å². The second kappa shape index (κ2) is 3.02. The average Bonchev–Trinajstić information content (AvgIpc) is 1.80. The molecule has 0 saturated heterocycles. The summed E-state index contributed by atoms with van der Waals surface area (Å²) in [6.45, 7) is 0.209. The van der Waals surface area contributed by atoms with E-state index < -0.39 is 24.1 Å². The molecule has 1 atom stereocenters. The lowest BCUT2D eigenvalue weighted by molar-refractivity contribution is -0.389. The summed E-state index contributed by atoms with van der Waals surface area (Å²) in [5.74, 6) is 0. The molecule has 0 bridgehead atoms. The van der Waals surface area contributed by atoms with E-state index in [9.17, 15) is 26.3 Å². The molecule has 0 aromatic rings. The Balaban J connectivity index is 5.22. The van der Waals surface area contributed by atoms with E-state index in [2.05, 4.69) is 0 Å². The number of hydrogen-bond acceptors (Lipinski definition) is 2. The first-order chi connectivity index (χ1) is 5.44. The highest BCUT2D eigenvalue weighted by Gasteiger charge is 2.73. The molecule has 0 rings (SSSR count). The Labute approximate surface area is 68.8 Å². The highest BCUT2D eigenvalue weighted by atomic mass is 19.4. The Hall–Kier alpha value is -0.500. The maximum Gasteiger partial charge on any atom is 0.428 e. The van der Waals surface area contributed by atoms with Gasteiger partial charge in [-0.3, -0.25) is 0 Å². The minimum absolute atomic E-state index is 0.209. The zero-order valence-electron chi connectivity index (χ0n) is 6.24. The predicted octanol–water partition coefficient (Wildman–Crippen LogP) is 1.22. The lowest BCUT2D eigenvalue weighted by atomic mass is 9.96. The van der Waals surface area contributed by atoms with Crippen LogP contribution in [0.25, 0.3) is 0 Å². The van der Waals surface area contributed by atoms with E-state index in [-0.39, 0.29) is 6.92 Å². The van der Waals surface area contributed by atoms with Crippen LogP contribution in [0, 0.1) is 0 Å². The number of hydrogen-bond donors (Lipinski definition) is 2. The monoisotopic (exact) mass is 212 g/mol. The minimum Gasteiger partial charge on any atom is -0.390 e. The molecule has 80 valence electrons. The van der Waals surface area contributed by atoms with Gasteiger partial charge in [-0.2, -0.15) is 26.3 Å². The lowest BCUT2D eigenvalue weighted by Crippen LogP contribution is -2.63. The van der Waals surface area contributed by atoms with Gasteiger partial charge in [0.05, 0.1) is 6.10 Å². The molecule has 13 heavy (non-hydrogen) atoms. The van der Waals surface area contributed by atoms with Crippen LogP contribution in [0.4, 0.5) is 26.3 Å². The van der Waals surface area contributed by atoms with Crippen LogP contribution < -0.4 is 0 Å². The molecule has 0 unspecified atom stereocenters. The maximum atomic E-state index is 11.7. The number of halogens is 6. The standard InChI is InChI=1S/C5H6F6O2/c1-2(12)3(13,4(6,7)8)5(9,10)11/h2,12-13H,1H3/t2-/m0/s1. The van der Waals surface area contributed by atoms with Gasteiger partial charge in [-0.1, -0.05) is 0 Å². The predicted molar refractivity (Wildman–Crippen MR) is 28.7 cm³/mol. The van der Waals surface area contributed by atoms with Crippen LogP contribution in [0.2, 0.25) is 0 Å². The molecule has 0 radical (unpaired) electrons. The largest absolute Gasteiger partial charge is 0.428 e. The first-order valence-electron chi connectivity index (χ1n) is 2.98. The molecule has 0 heterocycles. The van der Waals surface area contributed by atoms with E-state index in [4.69, 9.17) is 10.2 Å². The van der Waals surface area contributed by atoms with Crippen LogP contribution in [0.1, 0.15) is 6.92 Å². The fourth-order valence-electron chi connectivity index (χ4n) is 0.634. The first-order valence-corrected chi connectivity index (χ1v) is 2.98. The van der Waals surface area contributed by atoms with Gasteiger partial charge in [0.15, 0.2) is 0 Å². The highest BCUT2D eigenvalue weighted by molar-refractivity contribution is 4.97. The summed E-state index contributed by atoms with van der Waals surface area (Å²) in [7, 11) is 0. The summed E-state index contributed by atoms with van der Waals surface area (Å²) in [5, 5.41) is 16.5. The molecular weight excluding hydrogens is 206 g/mol. The van der Waals surface area contributed by atoms with E-state index in [0.29, 0.717) is 0 Å². The van der Waals surface area contributed by atoms with Crippen molar-refractivity contribution in [3.05, 3.63) is 0 Å². The third kappa shape index (κ3) is 1.88. The number of aliphatic hydroxyl groups excluding tert-OH is 1. The minimum atomic E-state index is -5.96.